The zero-order chi connectivity index (χ0) is 19.7. The number of fused-ring (bicyclic) bond motifs is 1. The molecule has 0 bridgehead atoms. The minimum atomic E-state index is -1.22. The number of rotatable bonds is 4. The second kappa shape index (κ2) is 8.02. The summed E-state index contributed by atoms with van der Waals surface area (Å²) < 4.78 is 25.3. The first-order chi connectivity index (χ1) is 13.6. The molecular weight excluding hydrogens is 384 g/mol. The summed E-state index contributed by atoms with van der Waals surface area (Å²) in [5, 5.41) is 1.90. The van der Waals surface area contributed by atoms with E-state index in [0.29, 0.717) is 0 Å². The van der Waals surface area contributed by atoms with Crippen LogP contribution in [0.5, 0.6) is 0 Å². The van der Waals surface area contributed by atoms with Gasteiger partial charge in [-0.2, -0.15) is 0 Å². The molecule has 0 N–H and O–H groups in total. The van der Waals surface area contributed by atoms with Crippen LogP contribution in [0.3, 0.4) is 0 Å². The zero-order valence-electron chi connectivity index (χ0n) is 15.7. The molecule has 140 valence electrons. The minimum Gasteiger partial charge on any atom is -0.612 e. The number of benzene rings is 4. The lowest BCUT2D eigenvalue weighted by Crippen LogP contribution is -2.08. The molecule has 0 fully saturated rings. The summed E-state index contributed by atoms with van der Waals surface area (Å²) in [7, 11) is 0. The molecule has 2 unspecified atom stereocenters. The molecule has 0 spiro atoms. The molecule has 0 heterocycles. The van der Waals surface area contributed by atoms with Crippen molar-refractivity contribution in [3.8, 4) is 22.3 Å². The van der Waals surface area contributed by atoms with Crippen LogP contribution in [0, 0.1) is 0 Å². The fourth-order valence-electron chi connectivity index (χ4n) is 3.55. The van der Waals surface area contributed by atoms with Crippen molar-refractivity contribution in [2.24, 2.45) is 0 Å². The Morgan fingerprint density at radius 3 is 1.82 bits per heavy atom. The smallest absolute Gasteiger partial charge is 0.173 e. The molecule has 0 radical (unpaired) electrons. The van der Waals surface area contributed by atoms with Crippen molar-refractivity contribution in [1.29, 1.82) is 0 Å². The summed E-state index contributed by atoms with van der Waals surface area (Å²) in [5.74, 6) is 0. The summed E-state index contributed by atoms with van der Waals surface area (Å²) in [5.41, 5.74) is 4.01. The molecule has 0 aliphatic heterocycles. The van der Waals surface area contributed by atoms with E-state index in [2.05, 4.69) is 24.3 Å². The van der Waals surface area contributed by atoms with Gasteiger partial charge in [-0.3, -0.25) is 0 Å². The molecule has 4 aromatic rings. The van der Waals surface area contributed by atoms with Crippen molar-refractivity contribution in [3.63, 3.8) is 0 Å². The summed E-state index contributed by atoms with van der Waals surface area (Å²) in [6.07, 6.45) is 3.36. The number of hydrogen-bond acceptors (Lipinski definition) is 2. The SMILES string of the molecule is C[S+]([O-])c1cc2ccccc2c([S+](C)[O-])c1-c1ccc(-c2ccccc2)cc1. The van der Waals surface area contributed by atoms with Gasteiger partial charge in [-0.1, -0.05) is 72.8 Å². The molecular formula is C24H20O2S2. The lowest BCUT2D eigenvalue weighted by Gasteiger charge is -2.18. The van der Waals surface area contributed by atoms with E-state index in [1.165, 1.54) is 0 Å². The molecule has 0 aliphatic carbocycles. The van der Waals surface area contributed by atoms with E-state index in [-0.39, 0.29) is 0 Å². The monoisotopic (exact) mass is 404 g/mol. The van der Waals surface area contributed by atoms with E-state index in [9.17, 15) is 9.11 Å². The first-order valence-electron chi connectivity index (χ1n) is 8.94. The third kappa shape index (κ3) is 3.56. The van der Waals surface area contributed by atoms with Crippen LogP contribution in [0.25, 0.3) is 33.0 Å². The second-order valence-corrected chi connectivity index (χ2v) is 9.32. The highest BCUT2D eigenvalue weighted by atomic mass is 32.2. The van der Waals surface area contributed by atoms with E-state index >= 15 is 0 Å². The molecule has 4 aromatic carbocycles. The van der Waals surface area contributed by atoms with Gasteiger partial charge >= 0.3 is 0 Å². The average Bonchev–Trinajstić information content (AvgIpc) is 2.73. The Bertz CT molecular complexity index is 1100. The first-order valence-corrected chi connectivity index (χ1v) is 12.1. The molecule has 0 aromatic heterocycles. The van der Waals surface area contributed by atoms with Crippen LogP contribution in [0.15, 0.2) is 94.7 Å². The zero-order valence-corrected chi connectivity index (χ0v) is 17.3. The maximum Gasteiger partial charge on any atom is 0.173 e. The predicted octanol–water partition coefficient (Wildman–Crippen LogP) is 5.65. The Labute approximate surface area is 171 Å². The van der Waals surface area contributed by atoms with E-state index in [4.69, 9.17) is 0 Å². The van der Waals surface area contributed by atoms with Gasteiger partial charge in [0.1, 0.15) is 12.5 Å². The topological polar surface area (TPSA) is 46.1 Å². The van der Waals surface area contributed by atoms with E-state index < -0.39 is 22.4 Å². The Morgan fingerprint density at radius 2 is 1.18 bits per heavy atom. The second-order valence-electron chi connectivity index (χ2n) is 6.65. The van der Waals surface area contributed by atoms with E-state index in [1.54, 1.807) is 12.5 Å². The molecule has 0 saturated heterocycles. The summed E-state index contributed by atoms with van der Waals surface area (Å²) >= 11 is -2.42. The molecule has 0 saturated carbocycles. The van der Waals surface area contributed by atoms with Crippen LogP contribution in [-0.4, -0.2) is 21.6 Å². The quantitative estimate of drug-likeness (QED) is 0.413. The van der Waals surface area contributed by atoms with Gasteiger partial charge in [-0.15, -0.1) is 0 Å². The molecule has 0 amide bonds. The van der Waals surface area contributed by atoms with E-state index in [0.717, 1.165) is 42.8 Å². The van der Waals surface area contributed by atoms with Crippen molar-refractivity contribution in [3.05, 3.63) is 84.9 Å². The lowest BCUT2D eigenvalue weighted by atomic mass is 9.98. The van der Waals surface area contributed by atoms with Crippen LogP contribution in [-0.2, 0) is 22.4 Å². The van der Waals surface area contributed by atoms with Gasteiger partial charge in [0.05, 0.1) is 5.56 Å². The standard InChI is InChI=1S/C24H20O2S2/c1-27(25)22-16-20-10-6-7-11-21(20)24(28(2)26)23(22)19-14-12-18(13-15-19)17-8-4-3-5-9-17/h3-16H,1-2H3. The normalized spacial score (nSPS) is 13.4. The Balaban J connectivity index is 1.94. The predicted molar refractivity (Wildman–Crippen MR) is 119 cm³/mol. The summed E-state index contributed by atoms with van der Waals surface area (Å²) in [6.45, 7) is 0. The van der Waals surface area contributed by atoms with Crippen molar-refractivity contribution in [1.82, 2.24) is 0 Å². The molecule has 28 heavy (non-hydrogen) atoms. The fraction of sp³-hybridized carbons (Fsp3) is 0.0833. The maximum atomic E-state index is 12.7. The fourth-order valence-corrected chi connectivity index (χ4v) is 5.42. The van der Waals surface area contributed by atoms with Crippen LogP contribution in [0.1, 0.15) is 0 Å². The highest BCUT2D eigenvalue weighted by Gasteiger charge is 2.26. The van der Waals surface area contributed by atoms with Crippen LogP contribution in [0.2, 0.25) is 0 Å². The Kier molecular flexibility index (Phi) is 5.47. The van der Waals surface area contributed by atoms with Gasteiger partial charge in [0.25, 0.3) is 0 Å². The lowest BCUT2D eigenvalue weighted by molar-refractivity contribution is 0.599. The van der Waals surface area contributed by atoms with Gasteiger partial charge in [0.2, 0.25) is 0 Å². The largest absolute Gasteiger partial charge is 0.612 e. The highest BCUT2D eigenvalue weighted by molar-refractivity contribution is 7.92. The Morgan fingerprint density at radius 1 is 0.607 bits per heavy atom. The van der Waals surface area contributed by atoms with Crippen molar-refractivity contribution in [2.75, 3.05) is 12.5 Å². The van der Waals surface area contributed by atoms with Gasteiger partial charge in [0, 0.05) is 11.5 Å². The molecule has 2 atom stereocenters. The average molecular weight is 405 g/mol. The molecule has 0 aliphatic rings. The van der Waals surface area contributed by atoms with E-state index in [1.807, 2.05) is 60.7 Å². The Hall–Kier alpha value is -2.24. The van der Waals surface area contributed by atoms with Gasteiger partial charge < -0.3 is 9.11 Å². The first kappa shape index (κ1) is 19.1. The highest BCUT2D eigenvalue weighted by Crippen LogP contribution is 2.39. The van der Waals surface area contributed by atoms with Gasteiger partial charge in [0.15, 0.2) is 9.79 Å². The van der Waals surface area contributed by atoms with Gasteiger partial charge in [-0.25, -0.2) is 0 Å². The molecule has 2 nitrogen and oxygen atoms in total. The summed E-state index contributed by atoms with van der Waals surface area (Å²) in [6, 6.07) is 28.2. The summed E-state index contributed by atoms with van der Waals surface area (Å²) in [4.78, 5) is 1.46. The number of hydrogen-bond donors (Lipinski definition) is 0. The van der Waals surface area contributed by atoms with Crippen LogP contribution >= 0.6 is 0 Å². The third-order valence-corrected chi connectivity index (χ3v) is 6.78. The van der Waals surface area contributed by atoms with Gasteiger partial charge in [-0.05, 0) is 50.5 Å². The maximum absolute atomic E-state index is 12.7. The van der Waals surface area contributed by atoms with Crippen molar-refractivity contribution >= 4 is 33.1 Å². The minimum absolute atomic E-state index is 0.719. The molecule has 4 heteroatoms. The van der Waals surface area contributed by atoms with Crippen LogP contribution in [0.4, 0.5) is 0 Å². The van der Waals surface area contributed by atoms with Crippen molar-refractivity contribution < 1.29 is 9.11 Å². The van der Waals surface area contributed by atoms with Crippen molar-refractivity contribution in [2.45, 2.75) is 9.79 Å². The molecule has 4 rings (SSSR count). The third-order valence-electron chi connectivity index (χ3n) is 4.84. The van der Waals surface area contributed by atoms with Crippen LogP contribution < -0.4 is 0 Å².